The minimum Gasteiger partial charge on any atom is -0.493 e. The van der Waals surface area contributed by atoms with Gasteiger partial charge in [-0.3, -0.25) is 0 Å². The average Bonchev–Trinajstić information content (AvgIpc) is 3.29. The van der Waals surface area contributed by atoms with Crippen LogP contribution in [-0.4, -0.2) is 36.2 Å². The van der Waals surface area contributed by atoms with Crippen LogP contribution in [0.25, 0.3) is 0 Å². The zero-order chi connectivity index (χ0) is 15.5. The second-order valence-corrected chi connectivity index (χ2v) is 6.91. The second-order valence-electron chi connectivity index (χ2n) is 5.14. The minimum atomic E-state index is -3.53. The molecule has 0 aromatic heterocycles. The molecular weight excluding hydrogens is 292 g/mol. The summed E-state index contributed by atoms with van der Waals surface area (Å²) in [4.78, 5) is 0.200. The lowest BCUT2D eigenvalue weighted by Crippen LogP contribution is -2.26. The summed E-state index contributed by atoms with van der Waals surface area (Å²) in [6, 6.07) is 3.11. The van der Waals surface area contributed by atoms with Crippen molar-refractivity contribution in [1.82, 2.24) is 10.0 Å². The van der Waals surface area contributed by atoms with Gasteiger partial charge in [0.05, 0.1) is 19.1 Å². The monoisotopic (exact) mass is 314 g/mol. The molecule has 0 unspecified atom stereocenters. The third-order valence-electron chi connectivity index (χ3n) is 3.47. The van der Waals surface area contributed by atoms with Gasteiger partial charge in [0.2, 0.25) is 10.0 Å². The molecular formula is C14H22N2O4S. The standard InChI is InChI=1S/C14H22N2O4S/c1-15-9-11-6-12(7-13(19-2)14(11)20-3)21(17,18)16-8-10-4-5-10/h6-7,10,15-16H,4-5,8-9H2,1-3H3. The van der Waals surface area contributed by atoms with E-state index in [0.29, 0.717) is 30.5 Å². The molecule has 0 radical (unpaired) electrons. The van der Waals surface area contributed by atoms with Gasteiger partial charge in [0.25, 0.3) is 0 Å². The topological polar surface area (TPSA) is 76.7 Å². The van der Waals surface area contributed by atoms with E-state index >= 15 is 0 Å². The Kier molecular flexibility index (Phi) is 5.08. The van der Waals surface area contributed by atoms with Gasteiger partial charge in [0.15, 0.2) is 11.5 Å². The van der Waals surface area contributed by atoms with Crippen LogP contribution in [0.3, 0.4) is 0 Å². The van der Waals surface area contributed by atoms with Crippen LogP contribution in [0.15, 0.2) is 17.0 Å². The highest BCUT2D eigenvalue weighted by Gasteiger charge is 2.25. The van der Waals surface area contributed by atoms with Gasteiger partial charge >= 0.3 is 0 Å². The number of hydrogen-bond acceptors (Lipinski definition) is 5. The summed E-state index contributed by atoms with van der Waals surface area (Å²) in [6.45, 7) is 0.990. The Bertz CT molecular complexity index is 597. The summed E-state index contributed by atoms with van der Waals surface area (Å²) in [5.74, 6) is 1.45. The molecule has 0 atom stereocenters. The fraction of sp³-hybridized carbons (Fsp3) is 0.571. The van der Waals surface area contributed by atoms with Gasteiger partial charge in [-0.15, -0.1) is 0 Å². The molecule has 6 nitrogen and oxygen atoms in total. The smallest absolute Gasteiger partial charge is 0.240 e. The molecule has 1 aromatic carbocycles. The summed E-state index contributed by atoms with van der Waals surface area (Å²) in [6.07, 6.45) is 2.19. The van der Waals surface area contributed by atoms with Crippen LogP contribution in [0, 0.1) is 5.92 Å². The highest BCUT2D eigenvalue weighted by Crippen LogP contribution is 2.34. The molecule has 2 rings (SSSR count). The summed E-state index contributed by atoms with van der Waals surface area (Å²) in [5, 5.41) is 3.00. The van der Waals surface area contributed by atoms with Gasteiger partial charge in [-0.2, -0.15) is 0 Å². The van der Waals surface area contributed by atoms with E-state index < -0.39 is 10.0 Å². The molecule has 1 aliphatic carbocycles. The Morgan fingerprint density at radius 2 is 1.95 bits per heavy atom. The first kappa shape index (κ1) is 16.1. The number of rotatable bonds is 8. The minimum absolute atomic E-state index is 0.200. The van der Waals surface area contributed by atoms with Crippen LogP contribution in [0.5, 0.6) is 11.5 Å². The normalized spacial score (nSPS) is 15.0. The van der Waals surface area contributed by atoms with Crippen molar-refractivity contribution >= 4 is 10.0 Å². The molecule has 1 aromatic rings. The van der Waals surface area contributed by atoms with Gasteiger partial charge < -0.3 is 14.8 Å². The van der Waals surface area contributed by atoms with Crippen molar-refractivity contribution in [2.45, 2.75) is 24.3 Å². The van der Waals surface area contributed by atoms with E-state index in [1.165, 1.54) is 20.3 Å². The van der Waals surface area contributed by atoms with Crippen molar-refractivity contribution in [3.05, 3.63) is 17.7 Å². The first-order valence-electron chi connectivity index (χ1n) is 6.91. The van der Waals surface area contributed by atoms with E-state index in [1.807, 2.05) is 0 Å². The number of benzene rings is 1. The van der Waals surface area contributed by atoms with Crippen molar-refractivity contribution in [3.8, 4) is 11.5 Å². The quantitative estimate of drug-likeness (QED) is 0.752. The Labute approximate surface area is 125 Å². The molecule has 0 heterocycles. The number of hydrogen-bond donors (Lipinski definition) is 2. The Balaban J connectivity index is 2.35. The molecule has 0 spiro atoms. The first-order valence-corrected chi connectivity index (χ1v) is 8.39. The van der Waals surface area contributed by atoms with E-state index in [2.05, 4.69) is 10.0 Å². The van der Waals surface area contributed by atoms with E-state index in [-0.39, 0.29) is 4.90 Å². The fourth-order valence-corrected chi connectivity index (χ4v) is 3.31. The summed E-state index contributed by atoms with van der Waals surface area (Å²) in [7, 11) is 1.30. The van der Waals surface area contributed by atoms with E-state index in [9.17, 15) is 8.42 Å². The third-order valence-corrected chi connectivity index (χ3v) is 4.87. The maximum absolute atomic E-state index is 12.4. The first-order chi connectivity index (χ1) is 10.0. The SMILES string of the molecule is CNCc1cc(S(=O)(=O)NCC2CC2)cc(OC)c1OC. The number of ether oxygens (including phenoxy) is 2. The molecule has 2 N–H and O–H groups in total. The van der Waals surface area contributed by atoms with Crippen molar-refractivity contribution < 1.29 is 17.9 Å². The zero-order valence-corrected chi connectivity index (χ0v) is 13.4. The number of methoxy groups -OCH3 is 2. The fourth-order valence-electron chi connectivity index (χ4n) is 2.13. The van der Waals surface area contributed by atoms with Crippen LogP contribution in [0.1, 0.15) is 18.4 Å². The number of sulfonamides is 1. The summed E-state index contributed by atoms with van der Waals surface area (Å²) < 4.78 is 37.9. The molecule has 0 saturated heterocycles. The lowest BCUT2D eigenvalue weighted by Gasteiger charge is -2.15. The molecule has 118 valence electrons. The molecule has 0 aliphatic heterocycles. The van der Waals surface area contributed by atoms with Crippen molar-refractivity contribution in [1.29, 1.82) is 0 Å². The van der Waals surface area contributed by atoms with Crippen LogP contribution < -0.4 is 19.5 Å². The van der Waals surface area contributed by atoms with Gasteiger partial charge in [-0.1, -0.05) is 0 Å². The molecule has 21 heavy (non-hydrogen) atoms. The van der Waals surface area contributed by atoms with E-state index in [0.717, 1.165) is 18.4 Å². The molecule has 1 saturated carbocycles. The Morgan fingerprint density at radius 1 is 1.24 bits per heavy atom. The van der Waals surface area contributed by atoms with Crippen LogP contribution in [0.2, 0.25) is 0 Å². The van der Waals surface area contributed by atoms with Crippen molar-refractivity contribution in [2.24, 2.45) is 5.92 Å². The van der Waals surface area contributed by atoms with E-state index in [4.69, 9.17) is 9.47 Å². The Morgan fingerprint density at radius 3 is 2.48 bits per heavy atom. The average molecular weight is 314 g/mol. The van der Waals surface area contributed by atoms with Crippen LogP contribution >= 0.6 is 0 Å². The lowest BCUT2D eigenvalue weighted by molar-refractivity contribution is 0.350. The summed E-state index contributed by atoms with van der Waals surface area (Å²) in [5.41, 5.74) is 0.742. The van der Waals surface area contributed by atoms with Crippen LogP contribution in [0.4, 0.5) is 0 Å². The van der Waals surface area contributed by atoms with Gasteiger partial charge in [0.1, 0.15) is 0 Å². The zero-order valence-electron chi connectivity index (χ0n) is 12.6. The molecule has 7 heteroatoms. The third kappa shape index (κ3) is 3.87. The second kappa shape index (κ2) is 6.64. The lowest BCUT2D eigenvalue weighted by atomic mass is 10.2. The highest BCUT2D eigenvalue weighted by molar-refractivity contribution is 7.89. The van der Waals surface area contributed by atoms with Gasteiger partial charge in [-0.25, -0.2) is 13.1 Å². The molecule has 1 aliphatic rings. The largest absolute Gasteiger partial charge is 0.493 e. The molecule has 0 amide bonds. The number of nitrogens with one attached hydrogen (secondary N) is 2. The maximum atomic E-state index is 12.4. The maximum Gasteiger partial charge on any atom is 0.240 e. The van der Waals surface area contributed by atoms with Gasteiger partial charge in [-0.05, 0) is 31.9 Å². The van der Waals surface area contributed by atoms with Crippen molar-refractivity contribution in [2.75, 3.05) is 27.8 Å². The van der Waals surface area contributed by atoms with Crippen LogP contribution in [-0.2, 0) is 16.6 Å². The predicted octanol–water partition coefficient (Wildman–Crippen LogP) is 1.11. The van der Waals surface area contributed by atoms with Crippen molar-refractivity contribution in [3.63, 3.8) is 0 Å². The van der Waals surface area contributed by atoms with E-state index in [1.54, 1.807) is 13.1 Å². The molecule has 0 bridgehead atoms. The Hall–Kier alpha value is -1.31. The molecule has 1 fully saturated rings. The highest BCUT2D eigenvalue weighted by atomic mass is 32.2. The van der Waals surface area contributed by atoms with Gasteiger partial charge in [0, 0.05) is 24.7 Å². The summed E-state index contributed by atoms with van der Waals surface area (Å²) >= 11 is 0. The predicted molar refractivity (Wildman–Crippen MR) is 80.2 cm³/mol.